The third kappa shape index (κ3) is 2.87. The summed E-state index contributed by atoms with van der Waals surface area (Å²) in [6.45, 7) is 1.98. The molecule has 98 valence electrons. The van der Waals surface area contributed by atoms with Crippen molar-refractivity contribution in [3.63, 3.8) is 0 Å². The van der Waals surface area contributed by atoms with Crippen LogP contribution >= 0.6 is 23.1 Å². The second-order valence-corrected chi connectivity index (χ2v) is 6.90. The fraction of sp³-hybridized carbons (Fsp3) is 0.500. The van der Waals surface area contributed by atoms with Crippen molar-refractivity contribution in [1.29, 1.82) is 0 Å². The molecule has 1 atom stereocenters. The fourth-order valence-electron chi connectivity index (χ4n) is 1.94. The molecule has 4 nitrogen and oxygen atoms in total. The quantitative estimate of drug-likeness (QED) is 0.883. The van der Waals surface area contributed by atoms with Gasteiger partial charge in [-0.15, -0.1) is 11.3 Å². The van der Waals surface area contributed by atoms with Gasteiger partial charge < -0.3 is 10.4 Å². The molecule has 0 radical (unpaired) electrons. The number of thioether (sulfide) groups is 1. The van der Waals surface area contributed by atoms with Crippen LogP contribution in [0.5, 0.6) is 0 Å². The zero-order valence-electron chi connectivity index (χ0n) is 10.1. The Labute approximate surface area is 114 Å². The van der Waals surface area contributed by atoms with Crippen molar-refractivity contribution >= 4 is 35.0 Å². The number of carboxylic acids is 1. The van der Waals surface area contributed by atoms with Gasteiger partial charge in [0, 0.05) is 15.5 Å². The van der Waals surface area contributed by atoms with Gasteiger partial charge in [0.15, 0.2) is 0 Å². The van der Waals surface area contributed by atoms with Crippen molar-refractivity contribution in [3.05, 3.63) is 21.9 Å². The minimum absolute atomic E-state index is 0.207. The van der Waals surface area contributed by atoms with E-state index in [0.717, 1.165) is 15.5 Å². The Bertz CT molecular complexity index is 464. The maximum atomic E-state index is 11.9. The van der Waals surface area contributed by atoms with Crippen LogP contribution in [0.25, 0.3) is 0 Å². The Kier molecular flexibility index (Phi) is 3.97. The third-order valence-electron chi connectivity index (χ3n) is 2.94. The lowest BCUT2D eigenvalue weighted by molar-refractivity contribution is -0.146. The number of aryl methyl sites for hydroxylation is 1. The van der Waals surface area contributed by atoms with Gasteiger partial charge in [-0.2, -0.15) is 11.8 Å². The molecule has 2 N–H and O–H groups in total. The molecule has 1 saturated heterocycles. The van der Waals surface area contributed by atoms with E-state index in [1.807, 2.05) is 19.1 Å². The van der Waals surface area contributed by atoms with E-state index < -0.39 is 11.5 Å². The Morgan fingerprint density at radius 3 is 2.78 bits per heavy atom. The Hall–Kier alpha value is -1.01. The molecule has 2 rings (SSSR count). The van der Waals surface area contributed by atoms with Crippen molar-refractivity contribution in [3.8, 4) is 0 Å². The number of hydrogen-bond donors (Lipinski definition) is 2. The monoisotopic (exact) mass is 285 g/mol. The Morgan fingerprint density at radius 2 is 2.28 bits per heavy atom. The van der Waals surface area contributed by atoms with Crippen LogP contribution in [0.1, 0.15) is 16.2 Å². The first-order valence-corrected chi connectivity index (χ1v) is 7.66. The number of amides is 1. The van der Waals surface area contributed by atoms with Gasteiger partial charge in [-0.05, 0) is 31.2 Å². The summed E-state index contributed by atoms with van der Waals surface area (Å²) in [7, 11) is 0. The molecule has 1 aromatic rings. The van der Waals surface area contributed by atoms with E-state index in [0.29, 0.717) is 12.2 Å². The van der Waals surface area contributed by atoms with Gasteiger partial charge in [0.05, 0.1) is 6.42 Å². The van der Waals surface area contributed by atoms with Crippen LogP contribution < -0.4 is 5.32 Å². The Balaban J connectivity index is 1.99. The molecule has 1 fully saturated rings. The molecule has 6 heteroatoms. The van der Waals surface area contributed by atoms with Gasteiger partial charge in [-0.3, -0.25) is 4.79 Å². The highest BCUT2D eigenvalue weighted by Gasteiger charge is 2.43. The van der Waals surface area contributed by atoms with E-state index in [-0.39, 0.29) is 12.3 Å². The first kappa shape index (κ1) is 13.4. The zero-order valence-corrected chi connectivity index (χ0v) is 11.7. The van der Waals surface area contributed by atoms with Gasteiger partial charge in [0.1, 0.15) is 5.54 Å². The predicted octanol–water partition coefficient (Wildman–Crippen LogP) is 1.68. The average Bonchev–Trinajstić information content (AvgIpc) is 2.89. The van der Waals surface area contributed by atoms with Gasteiger partial charge in [0.2, 0.25) is 5.91 Å². The molecule has 1 amide bonds. The van der Waals surface area contributed by atoms with Crippen LogP contribution in [-0.4, -0.2) is 34.0 Å². The molecule has 0 saturated carbocycles. The minimum Gasteiger partial charge on any atom is -0.479 e. The summed E-state index contributed by atoms with van der Waals surface area (Å²) in [6, 6.07) is 3.88. The summed E-state index contributed by atoms with van der Waals surface area (Å²) in [6.07, 6.45) is 0.764. The second-order valence-electron chi connectivity index (χ2n) is 4.43. The average molecular weight is 285 g/mol. The highest BCUT2D eigenvalue weighted by Crippen LogP contribution is 2.28. The maximum Gasteiger partial charge on any atom is 0.330 e. The van der Waals surface area contributed by atoms with E-state index in [1.54, 1.807) is 23.1 Å². The van der Waals surface area contributed by atoms with Crippen molar-refractivity contribution in [2.24, 2.45) is 0 Å². The Morgan fingerprint density at radius 1 is 1.50 bits per heavy atom. The van der Waals surface area contributed by atoms with E-state index in [4.69, 9.17) is 0 Å². The lowest BCUT2D eigenvalue weighted by Gasteiger charge is -2.24. The van der Waals surface area contributed by atoms with Crippen LogP contribution in [0.15, 0.2) is 12.1 Å². The predicted molar refractivity (Wildman–Crippen MR) is 73.2 cm³/mol. The molecule has 0 spiro atoms. The summed E-state index contributed by atoms with van der Waals surface area (Å²) in [5.41, 5.74) is -1.06. The summed E-state index contributed by atoms with van der Waals surface area (Å²) in [4.78, 5) is 25.3. The standard InChI is InChI=1S/C12H15NO3S2/c1-8-2-3-9(18-8)6-10(14)13-12(11(15)16)4-5-17-7-12/h2-3H,4-7H2,1H3,(H,13,14)(H,15,16). The number of carbonyl (C=O) groups excluding carboxylic acids is 1. The summed E-state index contributed by atoms with van der Waals surface area (Å²) < 4.78 is 0. The van der Waals surface area contributed by atoms with Gasteiger partial charge in [-0.25, -0.2) is 4.79 Å². The number of nitrogens with one attached hydrogen (secondary N) is 1. The van der Waals surface area contributed by atoms with Crippen molar-refractivity contribution < 1.29 is 14.7 Å². The number of rotatable bonds is 4. The highest BCUT2D eigenvalue weighted by atomic mass is 32.2. The van der Waals surface area contributed by atoms with Crippen molar-refractivity contribution in [1.82, 2.24) is 5.32 Å². The molecule has 1 aromatic heterocycles. The van der Waals surface area contributed by atoms with Crippen LogP contribution in [-0.2, 0) is 16.0 Å². The SMILES string of the molecule is Cc1ccc(CC(=O)NC2(C(=O)O)CCSC2)s1. The largest absolute Gasteiger partial charge is 0.479 e. The molecule has 0 bridgehead atoms. The minimum atomic E-state index is -1.06. The van der Waals surface area contributed by atoms with Crippen molar-refractivity contribution in [2.75, 3.05) is 11.5 Å². The van der Waals surface area contributed by atoms with E-state index >= 15 is 0 Å². The fourth-order valence-corrected chi connectivity index (χ4v) is 4.15. The third-order valence-corrected chi connectivity index (χ3v) is 5.13. The summed E-state index contributed by atoms with van der Waals surface area (Å²) in [5, 5.41) is 12.0. The van der Waals surface area contributed by atoms with Gasteiger partial charge in [0.25, 0.3) is 0 Å². The van der Waals surface area contributed by atoms with Crippen LogP contribution in [0.4, 0.5) is 0 Å². The lowest BCUT2D eigenvalue weighted by atomic mass is 9.99. The van der Waals surface area contributed by atoms with E-state index in [9.17, 15) is 14.7 Å². The van der Waals surface area contributed by atoms with Gasteiger partial charge >= 0.3 is 5.97 Å². The van der Waals surface area contributed by atoms with Gasteiger partial charge in [-0.1, -0.05) is 0 Å². The second kappa shape index (κ2) is 5.32. The van der Waals surface area contributed by atoms with Crippen LogP contribution in [0.3, 0.4) is 0 Å². The highest BCUT2D eigenvalue weighted by molar-refractivity contribution is 7.99. The molecular formula is C12H15NO3S2. The molecular weight excluding hydrogens is 270 g/mol. The number of thiophene rings is 1. The maximum absolute atomic E-state index is 11.9. The zero-order chi connectivity index (χ0) is 13.2. The van der Waals surface area contributed by atoms with Crippen LogP contribution in [0, 0.1) is 6.92 Å². The smallest absolute Gasteiger partial charge is 0.330 e. The first-order chi connectivity index (χ1) is 8.52. The van der Waals surface area contributed by atoms with E-state index in [1.165, 1.54) is 0 Å². The number of carboxylic acid groups (broad SMARTS) is 1. The van der Waals surface area contributed by atoms with E-state index in [2.05, 4.69) is 5.32 Å². The molecule has 0 aliphatic carbocycles. The molecule has 1 aliphatic rings. The number of aliphatic carboxylic acids is 1. The molecule has 18 heavy (non-hydrogen) atoms. The summed E-state index contributed by atoms with van der Waals surface area (Å²) in [5.74, 6) is 0.104. The summed E-state index contributed by atoms with van der Waals surface area (Å²) >= 11 is 3.14. The lowest BCUT2D eigenvalue weighted by Crippen LogP contribution is -2.55. The number of hydrogen-bond acceptors (Lipinski definition) is 4. The molecule has 1 unspecified atom stereocenters. The number of carbonyl (C=O) groups is 2. The molecule has 0 aromatic carbocycles. The van der Waals surface area contributed by atoms with Crippen LogP contribution in [0.2, 0.25) is 0 Å². The normalized spacial score (nSPS) is 22.9. The topological polar surface area (TPSA) is 66.4 Å². The van der Waals surface area contributed by atoms with Crippen molar-refractivity contribution in [2.45, 2.75) is 25.3 Å². The molecule has 1 aliphatic heterocycles. The first-order valence-electron chi connectivity index (χ1n) is 5.69. The molecule has 2 heterocycles.